The second kappa shape index (κ2) is 7.52. The van der Waals surface area contributed by atoms with Gasteiger partial charge in [-0.1, -0.05) is 36.4 Å². The van der Waals surface area contributed by atoms with Crippen molar-refractivity contribution in [3.05, 3.63) is 81.5 Å². The molecule has 0 saturated heterocycles. The number of benzene rings is 2. The molecule has 0 bridgehead atoms. The highest BCUT2D eigenvalue weighted by atomic mass is 32.2. The van der Waals surface area contributed by atoms with Crippen molar-refractivity contribution in [2.75, 3.05) is 13.1 Å². The van der Waals surface area contributed by atoms with E-state index >= 15 is 0 Å². The molecule has 7 nitrogen and oxygen atoms in total. The van der Waals surface area contributed by atoms with E-state index in [9.17, 15) is 13.2 Å². The summed E-state index contributed by atoms with van der Waals surface area (Å²) in [5.41, 5.74) is 3.21. The summed E-state index contributed by atoms with van der Waals surface area (Å²) in [4.78, 5) is 13.2. The first-order valence-electron chi connectivity index (χ1n) is 10.3. The number of rotatable bonds is 4. The second-order valence-corrected chi connectivity index (χ2v) is 9.87. The van der Waals surface area contributed by atoms with Gasteiger partial charge in [0.2, 0.25) is 10.0 Å². The maximum absolute atomic E-state index is 13.2. The molecule has 156 valence electrons. The molecule has 0 fully saturated rings. The van der Waals surface area contributed by atoms with Gasteiger partial charge < -0.3 is 0 Å². The van der Waals surface area contributed by atoms with Gasteiger partial charge in [-0.2, -0.15) is 9.40 Å². The molecule has 0 N–H and O–H groups in total. The first kappa shape index (κ1) is 19.3. The molecule has 0 radical (unpaired) electrons. The molecule has 0 spiro atoms. The molecule has 0 atom stereocenters. The van der Waals surface area contributed by atoms with Crippen LogP contribution in [0.3, 0.4) is 0 Å². The van der Waals surface area contributed by atoms with E-state index in [1.807, 2.05) is 42.5 Å². The fourth-order valence-electron chi connectivity index (χ4n) is 4.40. The lowest BCUT2D eigenvalue weighted by atomic mass is 10.1. The molecule has 1 aromatic heterocycles. The quantitative estimate of drug-likeness (QED) is 0.640. The van der Waals surface area contributed by atoms with E-state index in [-0.39, 0.29) is 12.2 Å². The standard InChI is InChI=1S/C22H24N4O3S/c27-22-25-14-13-24(30(28,29)20-10-9-18-7-4-8-19(18)15-20)12-11-21(25)23-26(22)16-17-5-2-1-3-6-17/h1-3,5-6,9-10,15H,4,7-8,11-14,16H2. The van der Waals surface area contributed by atoms with E-state index in [2.05, 4.69) is 5.10 Å². The zero-order chi connectivity index (χ0) is 20.7. The summed E-state index contributed by atoms with van der Waals surface area (Å²) in [6, 6.07) is 15.2. The molecular formula is C22H24N4O3S. The zero-order valence-corrected chi connectivity index (χ0v) is 17.5. The molecule has 5 rings (SSSR count). The predicted molar refractivity (Wildman–Crippen MR) is 113 cm³/mol. The zero-order valence-electron chi connectivity index (χ0n) is 16.7. The van der Waals surface area contributed by atoms with Crippen LogP contribution in [0.25, 0.3) is 0 Å². The van der Waals surface area contributed by atoms with Gasteiger partial charge >= 0.3 is 5.69 Å². The first-order valence-corrected chi connectivity index (χ1v) is 11.8. The number of aryl methyl sites for hydroxylation is 2. The van der Waals surface area contributed by atoms with Crippen LogP contribution in [0.15, 0.2) is 58.2 Å². The highest BCUT2D eigenvalue weighted by Gasteiger charge is 2.29. The lowest BCUT2D eigenvalue weighted by Crippen LogP contribution is -2.35. The van der Waals surface area contributed by atoms with E-state index < -0.39 is 10.0 Å². The predicted octanol–water partition coefficient (Wildman–Crippen LogP) is 1.83. The summed E-state index contributed by atoms with van der Waals surface area (Å²) >= 11 is 0. The van der Waals surface area contributed by atoms with Gasteiger partial charge in [0.05, 0.1) is 11.4 Å². The van der Waals surface area contributed by atoms with Crippen LogP contribution in [0.2, 0.25) is 0 Å². The molecular weight excluding hydrogens is 400 g/mol. The summed E-state index contributed by atoms with van der Waals surface area (Å²) in [5, 5.41) is 4.49. The highest BCUT2D eigenvalue weighted by Crippen LogP contribution is 2.26. The normalized spacial score (nSPS) is 16.8. The van der Waals surface area contributed by atoms with Crippen LogP contribution in [-0.2, 0) is 42.4 Å². The summed E-state index contributed by atoms with van der Waals surface area (Å²) in [5.74, 6) is 0.641. The van der Waals surface area contributed by atoms with Crippen LogP contribution in [0, 0.1) is 0 Å². The largest absolute Gasteiger partial charge is 0.346 e. The average Bonchev–Trinajstić information content (AvgIpc) is 3.26. The summed E-state index contributed by atoms with van der Waals surface area (Å²) < 4.78 is 31.0. The molecule has 1 aliphatic heterocycles. The van der Waals surface area contributed by atoms with Crippen LogP contribution >= 0.6 is 0 Å². The van der Waals surface area contributed by atoms with Crippen LogP contribution in [0.4, 0.5) is 0 Å². The first-order chi connectivity index (χ1) is 14.5. The maximum atomic E-state index is 13.2. The van der Waals surface area contributed by atoms with Crippen molar-refractivity contribution in [3.8, 4) is 0 Å². The van der Waals surface area contributed by atoms with Crippen molar-refractivity contribution >= 4 is 10.0 Å². The van der Waals surface area contributed by atoms with Crippen molar-refractivity contribution < 1.29 is 8.42 Å². The van der Waals surface area contributed by atoms with Crippen LogP contribution in [0.1, 0.15) is 28.9 Å². The molecule has 8 heteroatoms. The van der Waals surface area contributed by atoms with E-state index in [1.54, 1.807) is 10.6 Å². The van der Waals surface area contributed by atoms with Gasteiger partial charge in [-0.15, -0.1) is 0 Å². The molecule has 1 aliphatic carbocycles. The SMILES string of the molecule is O=c1n(Cc2ccccc2)nc2n1CCN(S(=O)(=O)c1ccc3c(c1)CCC3)CC2. The molecule has 0 saturated carbocycles. The van der Waals surface area contributed by atoms with Gasteiger partial charge in [0.15, 0.2) is 0 Å². The Balaban J connectivity index is 1.37. The minimum atomic E-state index is -3.59. The molecule has 0 unspecified atom stereocenters. The Bertz CT molecular complexity index is 1250. The summed E-state index contributed by atoms with van der Waals surface area (Å²) in [6.07, 6.45) is 3.46. The Morgan fingerprint density at radius 2 is 1.70 bits per heavy atom. The van der Waals surface area contributed by atoms with Gasteiger partial charge in [-0.3, -0.25) is 4.57 Å². The Labute approximate surface area is 175 Å². The minimum Gasteiger partial charge on any atom is -0.278 e. The smallest absolute Gasteiger partial charge is 0.278 e. The van der Waals surface area contributed by atoms with Crippen LogP contribution in [0.5, 0.6) is 0 Å². The number of aromatic nitrogens is 3. The molecule has 2 aromatic carbocycles. The average molecular weight is 425 g/mol. The number of sulfonamides is 1. The lowest BCUT2D eigenvalue weighted by molar-refractivity contribution is 0.410. The van der Waals surface area contributed by atoms with Gasteiger partial charge in [-0.05, 0) is 48.1 Å². The third-order valence-electron chi connectivity index (χ3n) is 6.04. The molecule has 0 amide bonds. The van der Waals surface area contributed by atoms with E-state index in [1.165, 1.54) is 14.6 Å². The van der Waals surface area contributed by atoms with E-state index in [4.69, 9.17) is 0 Å². The fourth-order valence-corrected chi connectivity index (χ4v) is 5.88. The Morgan fingerprint density at radius 3 is 2.53 bits per heavy atom. The van der Waals surface area contributed by atoms with Crippen molar-refractivity contribution in [2.24, 2.45) is 0 Å². The topological polar surface area (TPSA) is 77.2 Å². The van der Waals surface area contributed by atoms with Crippen LogP contribution < -0.4 is 5.69 Å². The molecule has 2 heterocycles. The van der Waals surface area contributed by atoms with Crippen LogP contribution in [-0.4, -0.2) is 40.2 Å². The number of fused-ring (bicyclic) bond motifs is 2. The van der Waals surface area contributed by atoms with Crippen molar-refractivity contribution in [1.82, 2.24) is 18.7 Å². The Hall–Kier alpha value is -2.71. The number of hydrogen-bond donors (Lipinski definition) is 0. The van der Waals surface area contributed by atoms with Gasteiger partial charge in [-0.25, -0.2) is 17.9 Å². The van der Waals surface area contributed by atoms with Gasteiger partial charge in [0.1, 0.15) is 5.82 Å². The summed E-state index contributed by atoms with van der Waals surface area (Å²) in [6.45, 7) is 1.31. The molecule has 3 aromatic rings. The van der Waals surface area contributed by atoms with Crippen molar-refractivity contribution in [1.29, 1.82) is 0 Å². The summed E-state index contributed by atoms with van der Waals surface area (Å²) in [7, 11) is -3.59. The highest BCUT2D eigenvalue weighted by molar-refractivity contribution is 7.89. The van der Waals surface area contributed by atoms with E-state index in [0.29, 0.717) is 36.8 Å². The number of nitrogens with zero attached hydrogens (tertiary/aromatic N) is 4. The third kappa shape index (κ3) is 3.40. The molecule has 30 heavy (non-hydrogen) atoms. The van der Waals surface area contributed by atoms with Crippen molar-refractivity contribution in [2.45, 2.75) is 43.7 Å². The second-order valence-electron chi connectivity index (χ2n) is 7.93. The van der Waals surface area contributed by atoms with Gasteiger partial charge in [0.25, 0.3) is 0 Å². The van der Waals surface area contributed by atoms with E-state index in [0.717, 1.165) is 30.4 Å². The molecule has 2 aliphatic rings. The number of hydrogen-bond acceptors (Lipinski definition) is 4. The maximum Gasteiger partial charge on any atom is 0.346 e. The van der Waals surface area contributed by atoms with Gasteiger partial charge in [0, 0.05) is 26.1 Å². The Kier molecular flexibility index (Phi) is 4.83. The minimum absolute atomic E-state index is 0.189. The lowest BCUT2D eigenvalue weighted by Gasteiger charge is -2.20. The fraction of sp³-hybridized carbons (Fsp3) is 0.364. The third-order valence-corrected chi connectivity index (χ3v) is 7.93. The van der Waals surface area contributed by atoms with Crippen molar-refractivity contribution in [3.63, 3.8) is 0 Å². The monoisotopic (exact) mass is 424 g/mol. The Morgan fingerprint density at radius 1 is 0.900 bits per heavy atom.